The first-order valence-corrected chi connectivity index (χ1v) is 3.87. The Morgan fingerprint density at radius 3 is 1.85 bits per heavy atom. The van der Waals surface area contributed by atoms with E-state index in [-0.39, 0.29) is 5.60 Å². The number of hydrogen-bond acceptors (Lipinski definition) is 4. The van der Waals surface area contributed by atoms with E-state index in [1.807, 2.05) is 20.8 Å². The molecule has 0 N–H and O–H groups in total. The molecule has 0 saturated heterocycles. The molecular formula is C9H14N2O2. The maximum absolute atomic E-state index is 9.60. The van der Waals surface area contributed by atoms with Gasteiger partial charge in [-0.3, -0.25) is 4.79 Å². The maximum atomic E-state index is 9.60. The summed E-state index contributed by atoms with van der Waals surface area (Å²) >= 11 is 0. The van der Waals surface area contributed by atoms with Crippen molar-refractivity contribution in [3.8, 4) is 0 Å². The second kappa shape index (κ2) is 6.11. The van der Waals surface area contributed by atoms with E-state index in [9.17, 15) is 4.79 Å². The number of rotatable bonds is 1. The van der Waals surface area contributed by atoms with Gasteiger partial charge in [0.05, 0.1) is 0 Å². The fourth-order valence-electron chi connectivity index (χ4n) is 0.398. The fourth-order valence-corrected chi connectivity index (χ4v) is 0.398. The van der Waals surface area contributed by atoms with Gasteiger partial charge in [-0.2, -0.15) is 0 Å². The smallest absolute Gasteiger partial charge is 0.293 e. The van der Waals surface area contributed by atoms with Crippen molar-refractivity contribution in [2.75, 3.05) is 0 Å². The lowest BCUT2D eigenvalue weighted by molar-refractivity contribution is -0.138. The SMILES string of the molecule is CC(C)(C)OC=O.c1cncnc1. The van der Waals surface area contributed by atoms with Crippen molar-refractivity contribution < 1.29 is 9.53 Å². The fraction of sp³-hybridized carbons (Fsp3) is 0.444. The Bertz CT molecular complexity index is 192. The molecule has 0 atom stereocenters. The topological polar surface area (TPSA) is 52.1 Å². The molecule has 0 spiro atoms. The minimum Gasteiger partial charge on any atom is -0.462 e. The molecule has 4 nitrogen and oxygen atoms in total. The minimum absolute atomic E-state index is 0.318. The summed E-state index contributed by atoms with van der Waals surface area (Å²) in [4.78, 5) is 16.9. The van der Waals surface area contributed by atoms with Crippen LogP contribution in [0.15, 0.2) is 24.8 Å². The van der Waals surface area contributed by atoms with Gasteiger partial charge < -0.3 is 4.74 Å². The van der Waals surface area contributed by atoms with Crippen LogP contribution in [0.2, 0.25) is 0 Å². The van der Waals surface area contributed by atoms with Crippen molar-refractivity contribution in [3.63, 3.8) is 0 Å². The standard InChI is InChI=1S/C5H10O2.C4H4N2/c1-5(2,3)7-4-6;1-2-5-4-6-3-1/h4H,1-3H3;1-4H. The van der Waals surface area contributed by atoms with E-state index in [2.05, 4.69) is 14.7 Å². The Hall–Kier alpha value is -1.45. The summed E-state index contributed by atoms with van der Waals surface area (Å²) in [7, 11) is 0. The highest BCUT2D eigenvalue weighted by Crippen LogP contribution is 2.02. The summed E-state index contributed by atoms with van der Waals surface area (Å²) in [6.07, 6.45) is 4.88. The lowest BCUT2D eigenvalue weighted by atomic mass is 10.2. The monoisotopic (exact) mass is 182 g/mol. The van der Waals surface area contributed by atoms with Gasteiger partial charge in [-0.1, -0.05) is 0 Å². The summed E-state index contributed by atoms with van der Waals surface area (Å²) in [5.41, 5.74) is -0.318. The average molecular weight is 182 g/mol. The van der Waals surface area contributed by atoms with Gasteiger partial charge in [0, 0.05) is 12.4 Å². The molecule has 72 valence electrons. The molecule has 13 heavy (non-hydrogen) atoms. The first-order chi connectivity index (χ1) is 6.06. The second-order valence-electron chi connectivity index (χ2n) is 3.23. The zero-order chi connectivity index (χ0) is 10.2. The normalized spacial score (nSPS) is 9.46. The summed E-state index contributed by atoms with van der Waals surface area (Å²) in [6.45, 7) is 5.92. The molecule has 0 aromatic carbocycles. The molecule has 0 aliphatic rings. The number of carbonyl (C=O) groups excluding carboxylic acids is 1. The van der Waals surface area contributed by atoms with E-state index < -0.39 is 0 Å². The summed E-state index contributed by atoms with van der Waals surface area (Å²) < 4.78 is 4.55. The molecule has 1 aromatic heterocycles. The second-order valence-corrected chi connectivity index (χ2v) is 3.23. The third-order valence-electron chi connectivity index (χ3n) is 0.879. The molecule has 0 amide bonds. The number of ether oxygens (including phenoxy) is 1. The summed E-state index contributed by atoms with van der Waals surface area (Å²) in [5.74, 6) is 0. The van der Waals surface area contributed by atoms with Gasteiger partial charge in [-0.05, 0) is 26.8 Å². The predicted octanol–water partition coefficient (Wildman–Crippen LogP) is 1.43. The van der Waals surface area contributed by atoms with Crippen molar-refractivity contribution in [2.45, 2.75) is 26.4 Å². The lowest BCUT2D eigenvalue weighted by Crippen LogP contribution is -2.17. The van der Waals surface area contributed by atoms with Crippen molar-refractivity contribution in [1.29, 1.82) is 0 Å². The number of carbonyl (C=O) groups is 1. The molecule has 1 heterocycles. The predicted molar refractivity (Wildman–Crippen MR) is 48.9 cm³/mol. The zero-order valence-electron chi connectivity index (χ0n) is 8.10. The Kier molecular flexibility index (Phi) is 5.43. The number of aromatic nitrogens is 2. The van der Waals surface area contributed by atoms with Crippen LogP contribution in [0.25, 0.3) is 0 Å². The van der Waals surface area contributed by atoms with Crippen LogP contribution < -0.4 is 0 Å². The highest BCUT2D eigenvalue weighted by Gasteiger charge is 2.07. The highest BCUT2D eigenvalue weighted by molar-refractivity contribution is 5.37. The van der Waals surface area contributed by atoms with E-state index in [0.717, 1.165) is 0 Å². The third-order valence-corrected chi connectivity index (χ3v) is 0.879. The largest absolute Gasteiger partial charge is 0.462 e. The minimum atomic E-state index is -0.318. The van der Waals surface area contributed by atoms with Crippen molar-refractivity contribution in [3.05, 3.63) is 24.8 Å². The molecule has 1 rings (SSSR count). The Morgan fingerprint density at radius 2 is 1.77 bits per heavy atom. The molecule has 0 unspecified atom stereocenters. The first-order valence-electron chi connectivity index (χ1n) is 3.87. The third kappa shape index (κ3) is 10.6. The zero-order valence-corrected chi connectivity index (χ0v) is 8.10. The summed E-state index contributed by atoms with van der Waals surface area (Å²) in [5, 5.41) is 0. The molecule has 1 aromatic rings. The van der Waals surface area contributed by atoms with E-state index in [1.54, 1.807) is 18.5 Å². The van der Waals surface area contributed by atoms with E-state index in [1.165, 1.54) is 6.33 Å². The molecule has 4 heteroatoms. The summed E-state index contributed by atoms with van der Waals surface area (Å²) in [6, 6.07) is 1.78. The van der Waals surface area contributed by atoms with Gasteiger partial charge in [0.15, 0.2) is 0 Å². The van der Waals surface area contributed by atoms with Gasteiger partial charge in [0.1, 0.15) is 11.9 Å². The van der Waals surface area contributed by atoms with E-state index in [4.69, 9.17) is 0 Å². The molecule has 0 aliphatic heterocycles. The van der Waals surface area contributed by atoms with Crippen LogP contribution >= 0.6 is 0 Å². The lowest BCUT2D eigenvalue weighted by Gasteiger charge is -2.14. The van der Waals surface area contributed by atoms with Gasteiger partial charge >= 0.3 is 0 Å². The molecule has 0 bridgehead atoms. The molecule has 0 radical (unpaired) electrons. The van der Waals surface area contributed by atoms with Gasteiger partial charge in [-0.25, -0.2) is 9.97 Å². The number of hydrogen-bond donors (Lipinski definition) is 0. The van der Waals surface area contributed by atoms with E-state index >= 15 is 0 Å². The van der Waals surface area contributed by atoms with Gasteiger partial charge in [0.25, 0.3) is 6.47 Å². The maximum Gasteiger partial charge on any atom is 0.293 e. The molecule has 0 aliphatic carbocycles. The van der Waals surface area contributed by atoms with Crippen LogP contribution in [-0.4, -0.2) is 22.0 Å². The van der Waals surface area contributed by atoms with Crippen molar-refractivity contribution in [1.82, 2.24) is 9.97 Å². The highest BCUT2D eigenvalue weighted by atomic mass is 16.5. The van der Waals surface area contributed by atoms with Crippen LogP contribution in [0.5, 0.6) is 0 Å². The van der Waals surface area contributed by atoms with Crippen LogP contribution in [0.3, 0.4) is 0 Å². The Labute approximate surface area is 78.0 Å². The van der Waals surface area contributed by atoms with Gasteiger partial charge in [0.2, 0.25) is 0 Å². The van der Waals surface area contributed by atoms with E-state index in [0.29, 0.717) is 6.47 Å². The van der Waals surface area contributed by atoms with Crippen LogP contribution in [0, 0.1) is 0 Å². The van der Waals surface area contributed by atoms with Crippen LogP contribution in [-0.2, 0) is 9.53 Å². The Morgan fingerprint density at radius 1 is 1.23 bits per heavy atom. The Balaban J connectivity index is 0.000000223. The van der Waals surface area contributed by atoms with Crippen LogP contribution in [0.1, 0.15) is 20.8 Å². The van der Waals surface area contributed by atoms with Crippen LogP contribution in [0.4, 0.5) is 0 Å². The molecule has 0 saturated carbocycles. The van der Waals surface area contributed by atoms with Gasteiger partial charge in [-0.15, -0.1) is 0 Å². The number of nitrogens with zero attached hydrogens (tertiary/aromatic N) is 2. The first kappa shape index (κ1) is 11.6. The molecule has 0 fully saturated rings. The quantitative estimate of drug-likeness (QED) is 0.616. The van der Waals surface area contributed by atoms with Crippen molar-refractivity contribution in [2.24, 2.45) is 0 Å². The average Bonchev–Trinajstić information content (AvgIpc) is 2.06. The molecular weight excluding hydrogens is 168 g/mol. The van der Waals surface area contributed by atoms with Crippen molar-refractivity contribution >= 4 is 6.47 Å².